The first-order valence-electron chi connectivity index (χ1n) is 9.01. The third-order valence-corrected chi connectivity index (χ3v) is 6.58. The van der Waals surface area contributed by atoms with E-state index < -0.39 is 5.97 Å². The predicted octanol–water partition coefficient (Wildman–Crippen LogP) is 4.82. The van der Waals surface area contributed by atoms with Gasteiger partial charge in [-0.05, 0) is 72.3 Å². The van der Waals surface area contributed by atoms with Crippen LogP contribution in [0.15, 0.2) is 42.5 Å². The van der Waals surface area contributed by atoms with E-state index in [-0.39, 0.29) is 11.9 Å². The Morgan fingerprint density at radius 2 is 1.84 bits per heavy atom. The second-order valence-electron chi connectivity index (χ2n) is 7.68. The van der Waals surface area contributed by atoms with Crippen molar-refractivity contribution in [3.8, 4) is 0 Å². The number of hydrogen-bond acceptors (Lipinski definition) is 2. The highest BCUT2D eigenvalue weighted by Crippen LogP contribution is 2.63. The number of aromatic carboxylic acids is 1. The summed E-state index contributed by atoms with van der Waals surface area (Å²) < 4.78 is 13.4. The summed E-state index contributed by atoms with van der Waals surface area (Å²) in [6, 6.07) is 12.3. The van der Waals surface area contributed by atoms with Gasteiger partial charge in [0.15, 0.2) is 0 Å². The van der Waals surface area contributed by atoms with E-state index in [2.05, 4.69) is 11.4 Å². The highest BCUT2D eigenvalue weighted by molar-refractivity contribution is 5.95. The van der Waals surface area contributed by atoms with Crippen molar-refractivity contribution < 1.29 is 14.3 Å². The second-order valence-corrected chi connectivity index (χ2v) is 7.68. The molecule has 3 nitrogen and oxygen atoms in total. The largest absolute Gasteiger partial charge is 0.478 e. The maximum absolute atomic E-state index is 13.4. The van der Waals surface area contributed by atoms with Crippen molar-refractivity contribution in [1.29, 1.82) is 0 Å². The fourth-order valence-electron chi connectivity index (χ4n) is 5.69. The highest BCUT2D eigenvalue weighted by atomic mass is 19.1. The molecule has 0 aromatic heterocycles. The summed E-state index contributed by atoms with van der Waals surface area (Å²) >= 11 is 0. The molecule has 2 fully saturated rings. The minimum absolute atomic E-state index is 0.0499. The van der Waals surface area contributed by atoms with Crippen molar-refractivity contribution in [2.75, 3.05) is 5.32 Å². The lowest BCUT2D eigenvalue weighted by Crippen LogP contribution is -2.36. The average Bonchev–Trinajstić information content (AvgIpc) is 3.23. The SMILES string of the molecule is O=C(O)c1cccc2c1N[C@@H](c1ccc(F)cc1)[C@@H]1[C@@H]3CC[C@@H](C3)[C@@H]21. The highest BCUT2D eigenvalue weighted by Gasteiger charge is 2.54. The van der Waals surface area contributed by atoms with Crippen LogP contribution in [0.3, 0.4) is 0 Å². The van der Waals surface area contributed by atoms with Crippen LogP contribution in [0.5, 0.6) is 0 Å². The first-order chi connectivity index (χ1) is 12.1. The predicted molar refractivity (Wildman–Crippen MR) is 93.2 cm³/mol. The van der Waals surface area contributed by atoms with Crippen LogP contribution < -0.4 is 5.32 Å². The van der Waals surface area contributed by atoms with Gasteiger partial charge in [0.05, 0.1) is 17.3 Å². The maximum Gasteiger partial charge on any atom is 0.337 e. The number of fused-ring (bicyclic) bond motifs is 7. The van der Waals surface area contributed by atoms with Crippen LogP contribution in [0.25, 0.3) is 0 Å². The van der Waals surface area contributed by atoms with E-state index in [1.54, 1.807) is 6.07 Å². The molecule has 0 radical (unpaired) electrons. The molecule has 2 N–H and O–H groups in total. The molecule has 0 spiro atoms. The first kappa shape index (κ1) is 14.9. The molecular formula is C21H20FNO2. The van der Waals surface area contributed by atoms with Crippen molar-refractivity contribution in [2.24, 2.45) is 17.8 Å². The standard InChI is InChI=1S/C21H20FNO2/c22-14-8-6-11(7-9-14)19-18-13-5-4-12(10-13)17(18)15-2-1-3-16(21(24)25)20(15)23-19/h1-3,6-9,12-13,17-19,23H,4-5,10H2,(H,24,25)/t12-,13+,17-,18+,19-/m0/s1. The lowest BCUT2D eigenvalue weighted by atomic mass is 9.67. The zero-order valence-electron chi connectivity index (χ0n) is 13.8. The summed E-state index contributed by atoms with van der Waals surface area (Å²) in [5.74, 6) is 1.03. The Bertz CT molecular complexity index is 847. The Morgan fingerprint density at radius 1 is 1.08 bits per heavy atom. The van der Waals surface area contributed by atoms with E-state index >= 15 is 0 Å². The van der Waals surface area contributed by atoms with Gasteiger partial charge in [0, 0.05) is 0 Å². The van der Waals surface area contributed by atoms with E-state index in [1.807, 2.05) is 18.2 Å². The summed E-state index contributed by atoms with van der Waals surface area (Å²) in [6.45, 7) is 0. The van der Waals surface area contributed by atoms with Crippen molar-refractivity contribution in [2.45, 2.75) is 31.2 Å². The van der Waals surface area contributed by atoms with Gasteiger partial charge < -0.3 is 10.4 Å². The number of hydrogen-bond donors (Lipinski definition) is 2. The van der Waals surface area contributed by atoms with Gasteiger partial charge in [-0.1, -0.05) is 24.3 Å². The van der Waals surface area contributed by atoms with E-state index in [4.69, 9.17) is 0 Å². The first-order valence-corrected chi connectivity index (χ1v) is 9.01. The molecule has 3 aliphatic rings. The van der Waals surface area contributed by atoms with Crippen LogP contribution in [0.2, 0.25) is 0 Å². The molecule has 2 aromatic rings. The number of nitrogens with one attached hydrogen (secondary N) is 1. The lowest BCUT2D eigenvalue weighted by Gasteiger charge is -2.44. The lowest BCUT2D eigenvalue weighted by molar-refractivity contribution is 0.0697. The van der Waals surface area contributed by atoms with E-state index in [0.29, 0.717) is 29.2 Å². The molecule has 2 saturated carbocycles. The van der Waals surface area contributed by atoms with E-state index in [1.165, 1.54) is 31.4 Å². The van der Waals surface area contributed by atoms with Gasteiger partial charge in [-0.2, -0.15) is 0 Å². The molecule has 2 aromatic carbocycles. The molecule has 4 heteroatoms. The Labute approximate surface area is 145 Å². The van der Waals surface area contributed by atoms with E-state index in [9.17, 15) is 14.3 Å². The van der Waals surface area contributed by atoms with Crippen LogP contribution in [0, 0.1) is 23.6 Å². The van der Waals surface area contributed by atoms with Crippen LogP contribution in [-0.4, -0.2) is 11.1 Å². The van der Waals surface area contributed by atoms with Gasteiger partial charge in [-0.15, -0.1) is 0 Å². The molecule has 5 rings (SSSR count). The number of carbonyl (C=O) groups is 1. The normalized spacial score (nSPS) is 32.0. The molecule has 1 heterocycles. The summed E-state index contributed by atoms with van der Waals surface area (Å²) in [5.41, 5.74) is 3.31. The van der Waals surface area contributed by atoms with Crippen molar-refractivity contribution in [3.63, 3.8) is 0 Å². The third kappa shape index (κ3) is 2.13. The number of anilines is 1. The summed E-state index contributed by atoms with van der Waals surface area (Å²) in [5, 5.41) is 13.2. The quantitative estimate of drug-likeness (QED) is 0.826. The molecule has 2 bridgehead atoms. The fraction of sp³-hybridized carbons (Fsp3) is 0.381. The smallest absolute Gasteiger partial charge is 0.337 e. The van der Waals surface area contributed by atoms with Crippen LogP contribution in [-0.2, 0) is 0 Å². The summed E-state index contributed by atoms with van der Waals surface area (Å²) in [6.07, 6.45) is 3.71. The topological polar surface area (TPSA) is 49.3 Å². The number of halogens is 1. The van der Waals surface area contributed by atoms with Gasteiger partial charge in [-0.3, -0.25) is 0 Å². The Balaban J connectivity index is 1.67. The second kappa shape index (κ2) is 5.32. The van der Waals surface area contributed by atoms with Gasteiger partial charge in [-0.25, -0.2) is 9.18 Å². The van der Waals surface area contributed by atoms with Crippen LogP contribution in [0.1, 0.15) is 52.7 Å². The third-order valence-electron chi connectivity index (χ3n) is 6.58. The molecule has 5 atom stereocenters. The monoisotopic (exact) mass is 337 g/mol. The molecule has 0 unspecified atom stereocenters. The number of benzene rings is 2. The molecule has 25 heavy (non-hydrogen) atoms. The Kier molecular flexibility index (Phi) is 3.18. The Hall–Kier alpha value is -2.36. The van der Waals surface area contributed by atoms with Gasteiger partial charge >= 0.3 is 5.97 Å². The zero-order valence-corrected chi connectivity index (χ0v) is 13.8. The van der Waals surface area contributed by atoms with E-state index in [0.717, 1.165) is 16.8 Å². The number of para-hydroxylation sites is 1. The van der Waals surface area contributed by atoms with Gasteiger partial charge in [0.2, 0.25) is 0 Å². The zero-order chi connectivity index (χ0) is 17.1. The van der Waals surface area contributed by atoms with Crippen molar-refractivity contribution in [3.05, 3.63) is 65.0 Å². The molecule has 0 saturated heterocycles. The fourth-order valence-corrected chi connectivity index (χ4v) is 5.69. The van der Waals surface area contributed by atoms with Crippen molar-refractivity contribution in [1.82, 2.24) is 0 Å². The average molecular weight is 337 g/mol. The number of carboxylic acids is 1. The van der Waals surface area contributed by atoms with Crippen molar-refractivity contribution >= 4 is 11.7 Å². The number of rotatable bonds is 2. The molecule has 1 aliphatic heterocycles. The summed E-state index contributed by atoms with van der Waals surface area (Å²) in [7, 11) is 0. The summed E-state index contributed by atoms with van der Waals surface area (Å²) in [4.78, 5) is 11.7. The maximum atomic E-state index is 13.4. The molecule has 0 amide bonds. The molecule has 128 valence electrons. The van der Waals surface area contributed by atoms with Crippen LogP contribution >= 0.6 is 0 Å². The van der Waals surface area contributed by atoms with Gasteiger partial charge in [0.25, 0.3) is 0 Å². The molecule has 2 aliphatic carbocycles. The molecular weight excluding hydrogens is 317 g/mol. The Morgan fingerprint density at radius 3 is 2.60 bits per heavy atom. The van der Waals surface area contributed by atoms with Crippen LogP contribution in [0.4, 0.5) is 10.1 Å². The minimum Gasteiger partial charge on any atom is -0.478 e. The van der Waals surface area contributed by atoms with Gasteiger partial charge in [0.1, 0.15) is 5.82 Å². The number of carboxylic acid groups (broad SMARTS) is 1. The minimum atomic E-state index is -0.899.